The average molecular weight is 508 g/mol. The van der Waals surface area contributed by atoms with Crippen LogP contribution in [0.4, 0.5) is 11.6 Å². The SMILES string of the molecule is CS(=O)(=O)c1ccc(N2CCN(CCn3cnc4c3nc(N)n3nc(-c5ccco5)nc43)CC2)cc1. The highest BCUT2D eigenvalue weighted by atomic mass is 32.2. The molecule has 12 nitrogen and oxygen atoms in total. The summed E-state index contributed by atoms with van der Waals surface area (Å²) in [6.07, 6.45) is 4.56. The van der Waals surface area contributed by atoms with Crippen molar-refractivity contribution in [3.8, 4) is 11.6 Å². The van der Waals surface area contributed by atoms with Gasteiger partial charge >= 0.3 is 0 Å². The molecular weight excluding hydrogens is 482 g/mol. The minimum atomic E-state index is -3.19. The summed E-state index contributed by atoms with van der Waals surface area (Å²) < 4.78 is 32.3. The predicted octanol–water partition coefficient (Wildman–Crippen LogP) is 1.54. The van der Waals surface area contributed by atoms with Crippen molar-refractivity contribution in [3.63, 3.8) is 0 Å². The van der Waals surface area contributed by atoms with Gasteiger partial charge in [-0.25, -0.2) is 18.4 Å². The maximum Gasteiger partial charge on any atom is 0.225 e. The molecule has 0 atom stereocenters. The van der Waals surface area contributed by atoms with E-state index in [1.807, 2.05) is 16.7 Å². The highest BCUT2D eigenvalue weighted by Gasteiger charge is 2.20. The molecule has 0 saturated carbocycles. The fraction of sp³-hybridized carbons (Fsp3) is 0.304. The number of fused-ring (bicyclic) bond motifs is 3. The van der Waals surface area contributed by atoms with Crippen molar-refractivity contribution in [2.24, 2.45) is 0 Å². The molecule has 36 heavy (non-hydrogen) atoms. The molecule has 2 N–H and O–H groups in total. The van der Waals surface area contributed by atoms with Crippen LogP contribution in [-0.4, -0.2) is 81.4 Å². The van der Waals surface area contributed by atoms with Gasteiger partial charge in [-0.15, -0.1) is 5.10 Å². The van der Waals surface area contributed by atoms with E-state index in [1.54, 1.807) is 36.9 Å². The Balaban J connectivity index is 1.13. The molecule has 1 aliphatic rings. The molecule has 6 rings (SSSR count). The van der Waals surface area contributed by atoms with Gasteiger partial charge in [-0.2, -0.15) is 9.50 Å². The van der Waals surface area contributed by atoms with E-state index < -0.39 is 9.84 Å². The highest BCUT2D eigenvalue weighted by molar-refractivity contribution is 7.90. The zero-order valence-electron chi connectivity index (χ0n) is 19.6. The Bertz CT molecular complexity index is 1630. The molecule has 0 aliphatic carbocycles. The van der Waals surface area contributed by atoms with Crippen LogP contribution in [0.1, 0.15) is 0 Å². The highest BCUT2D eigenvalue weighted by Crippen LogP contribution is 2.23. The zero-order valence-corrected chi connectivity index (χ0v) is 20.5. The van der Waals surface area contributed by atoms with E-state index in [-0.39, 0.29) is 5.95 Å². The second kappa shape index (κ2) is 8.60. The van der Waals surface area contributed by atoms with Crippen molar-refractivity contribution >= 4 is 38.3 Å². The molecule has 186 valence electrons. The fourth-order valence-electron chi connectivity index (χ4n) is 4.49. The smallest absolute Gasteiger partial charge is 0.225 e. The molecule has 0 amide bonds. The van der Waals surface area contributed by atoms with Crippen molar-refractivity contribution in [2.45, 2.75) is 11.4 Å². The number of imidazole rings is 1. The van der Waals surface area contributed by atoms with Crippen LogP contribution in [0.25, 0.3) is 28.4 Å². The van der Waals surface area contributed by atoms with Gasteiger partial charge in [0.2, 0.25) is 11.8 Å². The molecule has 1 saturated heterocycles. The Kier molecular flexibility index (Phi) is 5.38. The molecular formula is C23H25N9O3S. The van der Waals surface area contributed by atoms with E-state index in [2.05, 4.69) is 29.9 Å². The van der Waals surface area contributed by atoms with Gasteiger partial charge in [0.05, 0.1) is 17.5 Å². The Morgan fingerprint density at radius 1 is 1.00 bits per heavy atom. The van der Waals surface area contributed by atoms with E-state index in [9.17, 15) is 8.42 Å². The van der Waals surface area contributed by atoms with Crippen LogP contribution in [0.2, 0.25) is 0 Å². The standard InChI is InChI=1S/C23H25N9O3S/c1-36(33,34)17-6-4-16(5-7-17)30-11-8-29(9-12-30)10-13-31-15-25-19-21(31)27-23(24)32-22(19)26-20(28-32)18-3-2-14-35-18/h2-7,14-15H,8-13H2,1H3,(H2,24,27). The fourth-order valence-corrected chi connectivity index (χ4v) is 5.12. The van der Waals surface area contributed by atoms with Gasteiger partial charge < -0.3 is 19.6 Å². The lowest BCUT2D eigenvalue weighted by Crippen LogP contribution is -2.47. The molecule has 1 aliphatic heterocycles. The van der Waals surface area contributed by atoms with Crippen molar-refractivity contribution in [1.29, 1.82) is 0 Å². The Morgan fingerprint density at radius 2 is 1.78 bits per heavy atom. The minimum absolute atomic E-state index is 0.236. The number of nitrogens with two attached hydrogens (primary N) is 1. The summed E-state index contributed by atoms with van der Waals surface area (Å²) in [5.74, 6) is 1.22. The monoisotopic (exact) mass is 507 g/mol. The lowest BCUT2D eigenvalue weighted by Gasteiger charge is -2.36. The maximum atomic E-state index is 11.7. The van der Waals surface area contributed by atoms with E-state index in [0.29, 0.717) is 39.8 Å². The van der Waals surface area contributed by atoms with Crippen molar-refractivity contribution in [3.05, 3.63) is 49.0 Å². The van der Waals surface area contributed by atoms with Gasteiger partial charge in [0.25, 0.3) is 0 Å². The second-order valence-corrected chi connectivity index (χ2v) is 10.8. The van der Waals surface area contributed by atoms with Gasteiger partial charge in [0, 0.05) is 51.2 Å². The topological polar surface area (TPSA) is 141 Å². The number of hydrogen-bond donors (Lipinski definition) is 1. The van der Waals surface area contributed by atoms with Crippen LogP contribution in [0.5, 0.6) is 0 Å². The first kappa shape index (κ1) is 22.5. The van der Waals surface area contributed by atoms with Crippen LogP contribution in [0.3, 0.4) is 0 Å². The molecule has 13 heteroatoms. The third-order valence-electron chi connectivity index (χ3n) is 6.47. The van der Waals surface area contributed by atoms with Crippen molar-refractivity contribution in [2.75, 3.05) is 49.6 Å². The van der Waals surface area contributed by atoms with Gasteiger partial charge in [0.1, 0.15) is 0 Å². The summed E-state index contributed by atoms with van der Waals surface area (Å²) in [4.78, 5) is 18.7. The lowest BCUT2D eigenvalue weighted by atomic mass is 10.2. The zero-order chi connectivity index (χ0) is 24.9. The number of hydrogen-bond acceptors (Lipinski definition) is 10. The van der Waals surface area contributed by atoms with Crippen LogP contribution in [-0.2, 0) is 16.4 Å². The predicted molar refractivity (Wildman–Crippen MR) is 134 cm³/mol. The van der Waals surface area contributed by atoms with E-state index in [4.69, 9.17) is 10.2 Å². The molecule has 0 spiro atoms. The van der Waals surface area contributed by atoms with Crippen LogP contribution in [0.15, 0.2) is 58.3 Å². The van der Waals surface area contributed by atoms with E-state index >= 15 is 0 Å². The maximum absolute atomic E-state index is 11.7. The number of furan rings is 1. The average Bonchev–Trinajstić information content (AvgIpc) is 3.62. The molecule has 0 unspecified atom stereocenters. The number of piperazine rings is 1. The number of anilines is 2. The van der Waals surface area contributed by atoms with Crippen LogP contribution < -0.4 is 10.6 Å². The molecule has 0 radical (unpaired) electrons. The van der Waals surface area contributed by atoms with Crippen molar-refractivity contribution in [1.82, 2.24) is 34.0 Å². The molecule has 1 aromatic carbocycles. The second-order valence-electron chi connectivity index (χ2n) is 8.82. The Hall–Kier alpha value is -3.97. The third kappa shape index (κ3) is 4.05. The summed E-state index contributed by atoms with van der Waals surface area (Å²) in [5.41, 5.74) is 9.07. The molecule has 4 aromatic heterocycles. The molecule has 5 aromatic rings. The third-order valence-corrected chi connectivity index (χ3v) is 7.60. The minimum Gasteiger partial charge on any atom is -0.461 e. The Labute approximate surface area is 206 Å². The summed E-state index contributed by atoms with van der Waals surface area (Å²) in [6, 6.07) is 10.7. The number of aromatic nitrogens is 6. The molecule has 0 bridgehead atoms. The summed E-state index contributed by atoms with van der Waals surface area (Å²) in [5, 5.41) is 4.41. The number of sulfone groups is 1. The normalized spacial score (nSPS) is 15.3. The van der Waals surface area contributed by atoms with Gasteiger partial charge in [-0.3, -0.25) is 4.90 Å². The first-order valence-electron chi connectivity index (χ1n) is 11.6. The number of nitrogens with zero attached hydrogens (tertiary/aromatic N) is 8. The van der Waals surface area contributed by atoms with Crippen LogP contribution in [0, 0.1) is 0 Å². The molecule has 1 fully saturated rings. The Morgan fingerprint density at radius 3 is 2.47 bits per heavy atom. The lowest BCUT2D eigenvalue weighted by molar-refractivity contribution is 0.249. The van der Waals surface area contributed by atoms with Crippen molar-refractivity contribution < 1.29 is 12.8 Å². The number of benzene rings is 1. The quantitative estimate of drug-likeness (QED) is 0.360. The van der Waals surface area contributed by atoms with Gasteiger partial charge in [0.15, 0.2) is 32.4 Å². The number of nitrogen functional groups attached to an aromatic ring is 1. The summed E-state index contributed by atoms with van der Waals surface area (Å²) >= 11 is 0. The van der Waals surface area contributed by atoms with E-state index in [1.165, 1.54) is 10.8 Å². The first-order chi connectivity index (χ1) is 17.4. The summed E-state index contributed by atoms with van der Waals surface area (Å²) in [7, 11) is -3.19. The van der Waals surface area contributed by atoms with Gasteiger partial charge in [-0.1, -0.05) is 0 Å². The largest absolute Gasteiger partial charge is 0.461 e. The number of rotatable bonds is 6. The van der Waals surface area contributed by atoms with Crippen LogP contribution >= 0.6 is 0 Å². The first-order valence-corrected chi connectivity index (χ1v) is 13.4. The van der Waals surface area contributed by atoms with E-state index in [0.717, 1.165) is 38.4 Å². The van der Waals surface area contributed by atoms with Gasteiger partial charge in [-0.05, 0) is 36.4 Å². The summed E-state index contributed by atoms with van der Waals surface area (Å²) in [6.45, 7) is 5.08. The molecule has 5 heterocycles.